The Bertz CT molecular complexity index is 1370. The molecule has 7 nitrogen and oxygen atoms in total. The fourth-order valence-electron chi connectivity index (χ4n) is 4.03. The number of amides is 2. The molecule has 0 bridgehead atoms. The molecule has 0 heterocycles. The Morgan fingerprint density at radius 3 is 2.03 bits per heavy atom. The number of carbonyl (C=O) groups is 2. The molecule has 0 aliphatic rings. The summed E-state index contributed by atoms with van der Waals surface area (Å²) in [5.74, 6) is -3.44. The fraction of sp³-hybridized carbons (Fsp3) is 0.310. The minimum Gasteiger partial charge on any atom is -0.352 e. The zero-order chi connectivity index (χ0) is 28.6. The average molecular weight is 558 g/mol. The van der Waals surface area contributed by atoms with Crippen molar-refractivity contribution in [3.63, 3.8) is 0 Å². The van der Waals surface area contributed by atoms with Crippen LogP contribution in [0.15, 0.2) is 78.9 Å². The van der Waals surface area contributed by atoms with Crippen LogP contribution in [0.25, 0.3) is 0 Å². The predicted octanol–water partition coefficient (Wildman–Crippen LogP) is 4.29. The summed E-state index contributed by atoms with van der Waals surface area (Å²) in [6.07, 6.45) is 1.74. The van der Waals surface area contributed by atoms with Crippen LogP contribution in [-0.2, 0) is 32.6 Å². The Labute approximate surface area is 228 Å². The molecule has 0 radical (unpaired) electrons. The number of nitrogens with one attached hydrogen (secondary N) is 1. The second-order valence-electron chi connectivity index (χ2n) is 9.40. The van der Waals surface area contributed by atoms with Crippen molar-refractivity contribution >= 4 is 27.5 Å². The van der Waals surface area contributed by atoms with Gasteiger partial charge in [0, 0.05) is 25.1 Å². The van der Waals surface area contributed by atoms with E-state index in [0.29, 0.717) is 10.7 Å². The van der Waals surface area contributed by atoms with Crippen molar-refractivity contribution in [2.45, 2.75) is 45.3 Å². The van der Waals surface area contributed by atoms with Gasteiger partial charge in [0.05, 0.1) is 11.9 Å². The van der Waals surface area contributed by atoms with Crippen LogP contribution in [0.1, 0.15) is 31.4 Å². The zero-order valence-electron chi connectivity index (χ0n) is 22.2. The first kappa shape index (κ1) is 29.8. The van der Waals surface area contributed by atoms with Crippen LogP contribution < -0.4 is 9.62 Å². The molecule has 3 rings (SSSR count). The molecular formula is C29H33F2N3O4S. The molecule has 0 saturated carbocycles. The third kappa shape index (κ3) is 8.35. The minimum absolute atomic E-state index is 0.0283. The summed E-state index contributed by atoms with van der Waals surface area (Å²) in [5.41, 5.74) is 1.35. The number of hydrogen-bond donors (Lipinski definition) is 1. The Hall–Kier alpha value is -3.79. The summed E-state index contributed by atoms with van der Waals surface area (Å²) >= 11 is 0. The molecule has 208 valence electrons. The summed E-state index contributed by atoms with van der Waals surface area (Å²) < 4.78 is 53.6. The SMILES string of the molecule is CC[C@@H](C)NC(=O)[C@@H](Cc1ccccc1)N(Cc1ccccc1)C(=O)CN(c1ccc(F)c(F)c1)S(C)(=O)=O. The number of anilines is 1. The Morgan fingerprint density at radius 2 is 1.49 bits per heavy atom. The van der Waals surface area contributed by atoms with E-state index >= 15 is 0 Å². The number of carbonyl (C=O) groups excluding carboxylic acids is 2. The number of hydrogen-bond acceptors (Lipinski definition) is 4. The highest BCUT2D eigenvalue weighted by Crippen LogP contribution is 2.22. The number of benzene rings is 3. The lowest BCUT2D eigenvalue weighted by Crippen LogP contribution is -2.54. The third-order valence-corrected chi connectivity index (χ3v) is 7.48. The third-order valence-electron chi connectivity index (χ3n) is 6.34. The van der Waals surface area contributed by atoms with E-state index in [0.717, 1.165) is 35.6 Å². The fourth-order valence-corrected chi connectivity index (χ4v) is 4.87. The Morgan fingerprint density at radius 1 is 0.897 bits per heavy atom. The lowest BCUT2D eigenvalue weighted by atomic mass is 10.0. The molecule has 2 amide bonds. The molecule has 0 saturated heterocycles. The second-order valence-corrected chi connectivity index (χ2v) is 11.3. The lowest BCUT2D eigenvalue weighted by molar-refractivity contribution is -0.140. The van der Waals surface area contributed by atoms with Gasteiger partial charge in [-0.1, -0.05) is 67.6 Å². The van der Waals surface area contributed by atoms with E-state index in [2.05, 4.69) is 5.32 Å². The Balaban J connectivity index is 2.05. The number of halogens is 2. The van der Waals surface area contributed by atoms with E-state index in [4.69, 9.17) is 0 Å². The molecule has 0 aliphatic heterocycles. The molecule has 3 aromatic rings. The molecule has 0 fully saturated rings. The molecular weight excluding hydrogens is 524 g/mol. The van der Waals surface area contributed by atoms with Crippen LogP contribution in [0, 0.1) is 11.6 Å². The summed E-state index contributed by atoms with van der Waals surface area (Å²) in [7, 11) is -4.08. The van der Waals surface area contributed by atoms with E-state index in [1.165, 1.54) is 4.90 Å². The van der Waals surface area contributed by atoms with Crippen LogP contribution in [0.2, 0.25) is 0 Å². The molecule has 3 aromatic carbocycles. The number of sulfonamides is 1. The largest absolute Gasteiger partial charge is 0.352 e. The topological polar surface area (TPSA) is 86.8 Å². The highest BCUT2D eigenvalue weighted by atomic mass is 32.2. The number of nitrogens with zero attached hydrogens (tertiary/aromatic N) is 2. The van der Waals surface area contributed by atoms with Gasteiger partial charge in [-0.2, -0.15) is 0 Å². The molecule has 39 heavy (non-hydrogen) atoms. The van der Waals surface area contributed by atoms with Gasteiger partial charge in [0.15, 0.2) is 11.6 Å². The van der Waals surface area contributed by atoms with Crippen molar-refractivity contribution in [1.82, 2.24) is 10.2 Å². The van der Waals surface area contributed by atoms with Gasteiger partial charge in [-0.05, 0) is 36.6 Å². The highest BCUT2D eigenvalue weighted by Gasteiger charge is 2.33. The van der Waals surface area contributed by atoms with Crippen LogP contribution in [0.5, 0.6) is 0 Å². The minimum atomic E-state index is -4.08. The van der Waals surface area contributed by atoms with Crippen molar-refractivity contribution in [2.75, 3.05) is 17.1 Å². The monoisotopic (exact) mass is 557 g/mol. The molecule has 0 unspecified atom stereocenters. The second kappa shape index (κ2) is 13.3. The maximum atomic E-state index is 14.0. The van der Waals surface area contributed by atoms with Crippen molar-refractivity contribution in [3.05, 3.63) is 102 Å². The van der Waals surface area contributed by atoms with Crippen LogP contribution in [-0.4, -0.2) is 50.0 Å². The molecule has 0 spiro atoms. The first-order valence-corrected chi connectivity index (χ1v) is 14.4. The summed E-state index contributed by atoms with van der Waals surface area (Å²) in [6.45, 7) is 3.10. The van der Waals surface area contributed by atoms with E-state index in [-0.39, 0.29) is 30.6 Å². The van der Waals surface area contributed by atoms with Crippen LogP contribution >= 0.6 is 0 Å². The number of rotatable bonds is 12. The van der Waals surface area contributed by atoms with Gasteiger partial charge in [-0.25, -0.2) is 17.2 Å². The van der Waals surface area contributed by atoms with Gasteiger partial charge in [-0.15, -0.1) is 0 Å². The van der Waals surface area contributed by atoms with E-state index in [9.17, 15) is 26.8 Å². The van der Waals surface area contributed by atoms with E-state index < -0.39 is 40.2 Å². The van der Waals surface area contributed by atoms with Crippen molar-refractivity contribution in [3.8, 4) is 0 Å². The first-order chi connectivity index (χ1) is 18.5. The smallest absolute Gasteiger partial charge is 0.244 e. The van der Waals surface area contributed by atoms with Crippen molar-refractivity contribution in [1.29, 1.82) is 0 Å². The van der Waals surface area contributed by atoms with Crippen LogP contribution in [0.4, 0.5) is 14.5 Å². The van der Waals surface area contributed by atoms with Gasteiger partial charge in [-0.3, -0.25) is 13.9 Å². The van der Waals surface area contributed by atoms with Crippen molar-refractivity contribution < 1.29 is 26.8 Å². The van der Waals surface area contributed by atoms with Gasteiger partial charge >= 0.3 is 0 Å². The summed E-state index contributed by atoms with van der Waals surface area (Å²) in [6, 6.07) is 19.7. The summed E-state index contributed by atoms with van der Waals surface area (Å²) in [5, 5.41) is 2.94. The standard InChI is InChI=1S/C29H33F2N3O4S/c1-4-21(2)32-29(36)27(17-22-11-7-5-8-12-22)33(19-23-13-9-6-10-14-23)28(35)20-34(39(3,37)38)24-15-16-25(30)26(31)18-24/h5-16,18,21,27H,4,17,19-20H2,1-3H3,(H,32,36)/t21-,27-/m1/s1. The van der Waals surface area contributed by atoms with E-state index in [1.807, 2.05) is 50.2 Å². The van der Waals surface area contributed by atoms with Gasteiger partial charge < -0.3 is 10.2 Å². The van der Waals surface area contributed by atoms with Gasteiger partial charge in [0.25, 0.3) is 0 Å². The quantitative estimate of drug-likeness (QED) is 0.360. The summed E-state index contributed by atoms with van der Waals surface area (Å²) in [4.78, 5) is 28.8. The predicted molar refractivity (Wildman–Crippen MR) is 147 cm³/mol. The van der Waals surface area contributed by atoms with Crippen molar-refractivity contribution in [2.24, 2.45) is 0 Å². The normalized spacial score (nSPS) is 12.8. The maximum absolute atomic E-state index is 14.0. The van der Waals surface area contributed by atoms with Gasteiger partial charge in [0.2, 0.25) is 21.8 Å². The average Bonchev–Trinajstić information content (AvgIpc) is 2.91. The molecule has 0 aromatic heterocycles. The molecule has 2 atom stereocenters. The first-order valence-electron chi connectivity index (χ1n) is 12.6. The van der Waals surface area contributed by atoms with Gasteiger partial charge in [0.1, 0.15) is 12.6 Å². The molecule has 1 N–H and O–H groups in total. The lowest BCUT2D eigenvalue weighted by Gasteiger charge is -2.34. The molecule has 0 aliphatic carbocycles. The highest BCUT2D eigenvalue weighted by molar-refractivity contribution is 7.92. The van der Waals surface area contributed by atoms with Crippen LogP contribution in [0.3, 0.4) is 0 Å². The molecule has 10 heteroatoms. The van der Waals surface area contributed by atoms with E-state index in [1.54, 1.807) is 24.3 Å². The zero-order valence-corrected chi connectivity index (χ0v) is 23.0. The Kier molecular flexibility index (Phi) is 10.2. The maximum Gasteiger partial charge on any atom is 0.244 e.